The predicted molar refractivity (Wildman–Crippen MR) is 44.9 cm³/mol. The zero-order valence-electron chi connectivity index (χ0n) is 6.46. The second-order valence-electron chi connectivity index (χ2n) is 3.02. The minimum Gasteiger partial charge on any atom is -0.369 e. The molecular weight excluding hydrogens is 138 g/mol. The number of aromatic amines is 1. The molecule has 0 saturated carbocycles. The second kappa shape index (κ2) is 2.12. The molecule has 2 rings (SSSR count). The maximum atomic E-state index is 5.50. The van der Waals surface area contributed by atoms with Crippen molar-refractivity contribution in [2.24, 2.45) is 5.92 Å². The van der Waals surface area contributed by atoms with Crippen molar-refractivity contribution in [3.05, 3.63) is 17.5 Å². The fourth-order valence-electron chi connectivity index (χ4n) is 1.37. The van der Waals surface area contributed by atoms with Crippen LogP contribution in [0.2, 0.25) is 0 Å². The molecule has 58 valence electrons. The van der Waals surface area contributed by atoms with Crippen LogP contribution in [0.4, 0.5) is 5.95 Å². The van der Waals surface area contributed by atoms with Crippen molar-refractivity contribution >= 4 is 12.0 Å². The summed E-state index contributed by atoms with van der Waals surface area (Å²) >= 11 is 0. The first kappa shape index (κ1) is 6.46. The van der Waals surface area contributed by atoms with Gasteiger partial charge in [0, 0.05) is 0 Å². The summed E-state index contributed by atoms with van der Waals surface area (Å²) in [6.45, 7) is 2.17. The number of nitrogens with two attached hydrogens (primary N) is 1. The number of imidazole rings is 1. The summed E-state index contributed by atoms with van der Waals surface area (Å²) in [6.07, 6.45) is 5.21. The molecule has 1 atom stereocenters. The lowest BCUT2D eigenvalue weighted by Gasteiger charge is -2.08. The van der Waals surface area contributed by atoms with E-state index < -0.39 is 0 Å². The molecule has 11 heavy (non-hydrogen) atoms. The Kier molecular flexibility index (Phi) is 1.24. The highest BCUT2D eigenvalue weighted by atomic mass is 15.0. The minimum absolute atomic E-state index is 0.522. The predicted octanol–water partition coefficient (Wildman–Crippen LogP) is 1.20. The lowest BCUT2D eigenvalue weighted by Crippen LogP contribution is -2.02. The average Bonchev–Trinajstić information content (AvgIpc) is 2.27. The van der Waals surface area contributed by atoms with Gasteiger partial charge in [0.2, 0.25) is 0 Å². The standard InChI is InChI=1S/C8H11N3/c1-5-2-3-6-7(4-5)11-8(9)10-6/h2-3,5H,4H2,1H3,(H3,9,10,11). The zero-order valence-corrected chi connectivity index (χ0v) is 6.46. The van der Waals surface area contributed by atoms with Gasteiger partial charge in [-0.05, 0) is 18.4 Å². The van der Waals surface area contributed by atoms with Gasteiger partial charge in [-0.3, -0.25) is 0 Å². The van der Waals surface area contributed by atoms with E-state index in [1.807, 2.05) is 6.08 Å². The van der Waals surface area contributed by atoms with Gasteiger partial charge in [0.1, 0.15) is 0 Å². The first-order valence-corrected chi connectivity index (χ1v) is 3.78. The molecule has 1 heterocycles. The molecule has 1 aliphatic rings. The number of nitrogen functional groups attached to an aromatic ring is 1. The van der Waals surface area contributed by atoms with Crippen molar-refractivity contribution in [3.63, 3.8) is 0 Å². The summed E-state index contributed by atoms with van der Waals surface area (Å²) in [5.74, 6) is 1.11. The number of rotatable bonds is 0. The molecule has 1 aliphatic carbocycles. The average molecular weight is 149 g/mol. The first-order chi connectivity index (χ1) is 5.25. The number of aromatic nitrogens is 2. The molecule has 0 radical (unpaired) electrons. The van der Waals surface area contributed by atoms with Crippen molar-refractivity contribution in [2.45, 2.75) is 13.3 Å². The summed E-state index contributed by atoms with van der Waals surface area (Å²) < 4.78 is 0. The Labute approximate surface area is 65.3 Å². The van der Waals surface area contributed by atoms with Crippen LogP contribution in [0.5, 0.6) is 0 Å². The third kappa shape index (κ3) is 1.02. The Hall–Kier alpha value is -1.25. The van der Waals surface area contributed by atoms with Crippen LogP contribution >= 0.6 is 0 Å². The molecule has 1 aromatic heterocycles. The number of nitrogens with zero attached hydrogens (tertiary/aromatic N) is 1. The summed E-state index contributed by atoms with van der Waals surface area (Å²) in [5, 5.41) is 0. The molecule has 3 N–H and O–H groups in total. The van der Waals surface area contributed by atoms with E-state index in [0.717, 1.165) is 17.8 Å². The van der Waals surface area contributed by atoms with Crippen molar-refractivity contribution in [1.29, 1.82) is 0 Å². The van der Waals surface area contributed by atoms with Crippen molar-refractivity contribution in [2.75, 3.05) is 5.73 Å². The second-order valence-corrected chi connectivity index (χ2v) is 3.02. The fourth-order valence-corrected chi connectivity index (χ4v) is 1.37. The zero-order chi connectivity index (χ0) is 7.84. The van der Waals surface area contributed by atoms with Gasteiger partial charge in [-0.1, -0.05) is 13.0 Å². The maximum absolute atomic E-state index is 5.50. The van der Waals surface area contributed by atoms with Gasteiger partial charge in [-0.2, -0.15) is 0 Å². The highest BCUT2D eigenvalue weighted by Crippen LogP contribution is 2.20. The third-order valence-corrected chi connectivity index (χ3v) is 1.94. The van der Waals surface area contributed by atoms with Crippen LogP contribution in [-0.2, 0) is 6.42 Å². The van der Waals surface area contributed by atoms with Crippen LogP contribution in [0.3, 0.4) is 0 Å². The van der Waals surface area contributed by atoms with E-state index in [-0.39, 0.29) is 0 Å². The van der Waals surface area contributed by atoms with Gasteiger partial charge in [0.25, 0.3) is 0 Å². The van der Waals surface area contributed by atoms with E-state index in [4.69, 9.17) is 5.73 Å². The molecule has 0 amide bonds. The molecule has 0 fully saturated rings. The Bertz CT molecular complexity index is 298. The van der Waals surface area contributed by atoms with Crippen LogP contribution in [0.15, 0.2) is 6.08 Å². The van der Waals surface area contributed by atoms with Gasteiger partial charge in [0.05, 0.1) is 11.4 Å². The molecular formula is C8H11N3. The Balaban J connectivity index is 2.44. The largest absolute Gasteiger partial charge is 0.369 e. The molecule has 0 bridgehead atoms. The molecule has 0 aliphatic heterocycles. The molecule has 1 unspecified atom stereocenters. The number of nitrogens with one attached hydrogen (secondary N) is 1. The fraction of sp³-hybridized carbons (Fsp3) is 0.375. The monoisotopic (exact) mass is 149 g/mol. The van der Waals surface area contributed by atoms with Gasteiger partial charge < -0.3 is 10.7 Å². The van der Waals surface area contributed by atoms with Gasteiger partial charge in [0.15, 0.2) is 5.95 Å². The van der Waals surface area contributed by atoms with E-state index in [1.54, 1.807) is 0 Å². The third-order valence-electron chi connectivity index (χ3n) is 1.94. The topological polar surface area (TPSA) is 54.7 Å². The lowest BCUT2D eigenvalue weighted by atomic mass is 9.99. The number of anilines is 1. The van der Waals surface area contributed by atoms with Crippen molar-refractivity contribution in [3.8, 4) is 0 Å². The van der Waals surface area contributed by atoms with Crippen LogP contribution in [0.1, 0.15) is 18.3 Å². The smallest absolute Gasteiger partial charge is 0.198 e. The molecule has 0 spiro atoms. The summed E-state index contributed by atoms with van der Waals surface area (Å²) in [6, 6.07) is 0. The molecule has 0 saturated heterocycles. The van der Waals surface area contributed by atoms with Crippen LogP contribution in [0, 0.1) is 5.92 Å². The van der Waals surface area contributed by atoms with E-state index in [9.17, 15) is 0 Å². The number of H-pyrrole nitrogens is 1. The SMILES string of the molecule is CC1C=Cc2[nH]c(N)nc2C1. The maximum Gasteiger partial charge on any atom is 0.198 e. The molecule has 3 heteroatoms. The van der Waals surface area contributed by atoms with Crippen LogP contribution < -0.4 is 5.73 Å². The van der Waals surface area contributed by atoms with E-state index in [1.165, 1.54) is 0 Å². The number of allylic oxidation sites excluding steroid dienone is 1. The summed E-state index contributed by atoms with van der Waals surface area (Å²) in [4.78, 5) is 7.17. The van der Waals surface area contributed by atoms with Crippen LogP contribution in [-0.4, -0.2) is 9.97 Å². The Morgan fingerprint density at radius 3 is 3.36 bits per heavy atom. The van der Waals surface area contributed by atoms with Gasteiger partial charge in [-0.15, -0.1) is 0 Å². The summed E-state index contributed by atoms with van der Waals surface area (Å²) in [7, 11) is 0. The number of fused-ring (bicyclic) bond motifs is 1. The Morgan fingerprint density at radius 2 is 2.55 bits per heavy atom. The highest BCUT2D eigenvalue weighted by molar-refractivity contribution is 5.53. The number of hydrogen-bond donors (Lipinski definition) is 2. The molecule has 0 aromatic carbocycles. The van der Waals surface area contributed by atoms with Gasteiger partial charge >= 0.3 is 0 Å². The number of hydrogen-bond acceptors (Lipinski definition) is 2. The Morgan fingerprint density at radius 1 is 1.73 bits per heavy atom. The first-order valence-electron chi connectivity index (χ1n) is 3.78. The van der Waals surface area contributed by atoms with Crippen molar-refractivity contribution in [1.82, 2.24) is 9.97 Å². The van der Waals surface area contributed by atoms with E-state index in [2.05, 4.69) is 23.0 Å². The summed E-state index contributed by atoms with van der Waals surface area (Å²) in [5.41, 5.74) is 7.67. The normalized spacial score (nSPS) is 21.7. The van der Waals surface area contributed by atoms with Crippen molar-refractivity contribution < 1.29 is 0 Å². The van der Waals surface area contributed by atoms with Gasteiger partial charge in [-0.25, -0.2) is 4.98 Å². The lowest BCUT2D eigenvalue weighted by molar-refractivity contribution is 0.703. The minimum atomic E-state index is 0.522. The molecule has 1 aromatic rings. The van der Waals surface area contributed by atoms with Crippen LogP contribution in [0.25, 0.3) is 6.08 Å². The molecule has 3 nitrogen and oxygen atoms in total. The quantitative estimate of drug-likeness (QED) is 0.582. The highest BCUT2D eigenvalue weighted by Gasteiger charge is 2.12. The van der Waals surface area contributed by atoms with E-state index >= 15 is 0 Å². The van der Waals surface area contributed by atoms with E-state index in [0.29, 0.717) is 11.9 Å².